The van der Waals surface area contributed by atoms with Gasteiger partial charge in [0, 0.05) is 13.0 Å². The van der Waals surface area contributed by atoms with Crippen LogP contribution in [0.15, 0.2) is 24.3 Å². The van der Waals surface area contributed by atoms with Gasteiger partial charge in [0.25, 0.3) is 0 Å². The predicted octanol–water partition coefficient (Wildman–Crippen LogP) is 2.63. The highest BCUT2D eigenvalue weighted by Gasteiger charge is 2.18. The first-order chi connectivity index (χ1) is 8.15. The van der Waals surface area contributed by atoms with Crippen LogP contribution in [0.25, 0.3) is 0 Å². The van der Waals surface area contributed by atoms with Crippen molar-refractivity contribution < 1.29 is 4.79 Å². The van der Waals surface area contributed by atoms with E-state index in [2.05, 4.69) is 36.2 Å². The molecule has 17 heavy (non-hydrogen) atoms. The van der Waals surface area contributed by atoms with Crippen LogP contribution in [0.5, 0.6) is 0 Å². The van der Waals surface area contributed by atoms with Gasteiger partial charge in [-0.2, -0.15) is 0 Å². The Morgan fingerprint density at radius 1 is 1.47 bits per heavy atom. The normalized spacial score (nSPS) is 21.4. The number of rotatable bonds is 3. The fourth-order valence-corrected chi connectivity index (χ4v) is 2.68. The van der Waals surface area contributed by atoms with Crippen LogP contribution in [-0.2, 0) is 11.2 Å². The monoisotopic (exact) mass is 231 g/mol. The van der Waals surface area contributed by atoms with Crippen molar-refractivity contribution in [3.63, 3.8) is 0 Å². The maximum Gasteiger partial charge on any atom is 0.134 e. The van der Waals surface area contributed by atoms with E-state index in [1.165, 1.54) is 24.9 Å². The standard InChI is InChI=1S/C15H21NO/c1-12(17)9-13-5-3-6-14(10-13)15-7-4-8-16(2)11-15/h3,5-6,10,15H,4,7-9,11H2,1-2H3. The number of benzene rings is 1. The van der Waals surface area contributed by atoms with Crippen molar-refractivity contribution >= 4 is 5.78 Å². The van der Waals surface area contributed by atoms with Crippen molar-refractivity contribution in [3.05, 3.63) is 35.4 Å². The molecule has 1 saturated heterocycles. The lowest BCUT2D eigenvalue weighted by molar-refractivity contribution is -0.116. The molecule has 1 heterocycles. The van der Waals surface area contributed by atoms with E-state index in [0.29, 0.717) is 12.3 Å². The van der Waals surface area contributed by atoms with Crippen LogP contribution in [0, 0.1) is 0 Å². The van der Waals surface area contributed by atoms with Gasteiger partial charge in [0.1, 0.15) is 5.78 Å². The predicted molar refractivity (Wildman–Crippen MR) is 70.3 cm³/mol. The number of likely N-dealkylation sites (N-methyl/N-ethyl adjacent to an activating group) is 1. The Balaban J connectivity index is 2.12. The first-order valence-electron chi connectivity index (χ1n) is 6.42. The second-order valence-corrected chi connectivity index (χ2v) is 5.23. The zero-order valence-corrected chi connectivity index (χ0v) is 10.8. The van der Waals surface area contributed by atoms with Gasteiger partial charge < -0.3 is 4.90 Å². The van der Waals surface area contributed by atoms with E-state index < -0.39 is 0 Å². The van der Waals surface area contributed by atoms with Gasteiger partial charge in [0.2, 0.25) is 0 Å². The first kappa shape index (κ1) is 12.3. The molecular formula is C15H21NO. The molecule has 0 bridgehead atoms. The van der Waals surface area contributed by atoms with Crippen molar-refractivity contribution in [1.29, 1.82) is 0 Å². The highest BCUT2D eigenvalue weighted by Crippen LogP contribution is 2.26. The Bertz CT molecular complexity index is 400. The SMILES string of the molecule is CC(=O)Cc1cccc(C2CCCN(C)C2)c1. The van der Waals surface area contributed by atoms with Crippen LogP contribution >= 0.6 is 0 Å². The van der Waals surface area contributed by atoms with E-state index in [1.807, 2.05) is 0 Å². The topological polar surface area (TPSA) is 20.3 Å². The molecule has 2 nitrogen and oxygen atoms in total. The molecule has 0 N–H and O–H groups in total. The second-order valence-electron chi connectivity index (χ2n) is 5.23. The summed E-state index contributed by atoms with van der Waals surface area (Å²) in [6, 6.07) is 8.55. The lowest BCUT2D eigenvalue weighted by Crippen LogP contribution is -2.30. The molecule has 0 radical (unpaired) electrons. The van der Waals surface area contributed by atoms with Crippen LogP contribution in [0.1, 0.15) is 36.8 Å². The summed E-state index contributed by atoms with van der Waals surface area (Å²) in [4.78, 5) is 13.5. The minimum absolute atomic E-state index is 0.239. The molecule has 1 aromatic carbocycles. The van der Waals surface area contributed by atoms with Crippen molar-refractivity contribution in [3.8, 4) is 0 Å². The summed E-state index contributed by atoms with van der Waals surface area (Å²) in [6.07, 6.45) is 3.11. The number of carbonyl (C=O) groups excluding carboxylic acids is 1. The van der Waals surface area contributed by atoms with Gasteiger partial charge in [-0.3, -0.25) is 4.79 Å². The zero-order chi connectivity index (χ0) is 12.3. The summed E-state index contributed by atoms with van der Waals surface area (Å²) in [5.41, 5.74) is 2.55. The molecular weight excluding hydrogens is 210 g/mol. The largest absolute Gasteiger partial charge is 0.306 e. The van der Waals surface area contributed by atoms with Crippen molar-refractivity contribution in [1.82, 2.24) is 4.90 Å². The molecule has 0 aliphatic carbocycles. The molecule has 92 valence electrons. The van der Waals surface area contributed by atoms with Crippen LogP contribution < -0.4 is 0 Å². The van der Waals surface area contributed by atoms with Gasteiger partial charge in [0.05, 0.1) is 0 Å². The Kier molecular flexibility index (Phi) is 3.95. The molecule has 1 atom stereocenters. The lowest BCUT2D eigenvalue weighted by Gasteiger charge is -2.30. The van der Waals surface area contributed by atoms with Gasteiger partial charge in [-0.25, -0.2) is 0 Å². The number of likely N-dealkylation sites (tertiary alicyclic amines) is 1. The van der Waals surface area contributed by atoms with E-state index in [1.54, 1.807) is 6.92 Å². The fourth-order valence-electron chi connectivity index (χ4n) is 2.68. The average Bonchev–Trinajstić information content (AvgIpc) is 2.28. The zero-order valence-electron chi connectivity index (χ0n) is 10.8. The van der Waals surface area contributed by atoms with Crippen LogP contribution in [0.2, 0.25) is 0 Å². The third-order valence-electron chi connectivity index (χ3n) is 3.50. The van der Waals surface area contributed by atoms with Crippen LogP contribution in [0.3, 0.4) is 0 Å². The average molecular weight is 231 g/mol. The van der Waals surface area contributed by atoms with Gasteiger partial charge >= 0.3 is 0 Å². The number of piperidine rings is 1. The Morgan fingerprint density at radius 2 is 2.29 bits per heavy atom. The fraction of sp³-hybridized carbons (Fsp3) is 0.533. The molecule has 1 fully saturated rings. The third-order valence-corrected chi connectivity index (χ3v) is 3.50. The number of nitrogens with zero attached hydrogens (tertiary/aromatic N) is 1. The minimum atomic E-state index is 0.239. The summed E-state index contributed by atoms with van der Waals surface area (Å²) in [6.45, 7) is 4.01. The Morgan fingerprint density at radius 3 is 3.00 bits per heavy atom. The van der Waals surface area contributed by atoms with Crippen LogP contribution in [0.4, 0.5) is 0 Å². The highest BCUT2D eigenvalue weighted by molar-refractivity contribution is 5.78. The van der Waals surface area contributed by atoms with E-state index in [4.69, 9.17) is 0 Å². The van der Waals surface area contributed by atoms with E-state index in [0.717, 1.165) is 12.1 Å². The Hall–Kier alpha value is -1.15. The molecule has 1 unspecified atom stereocenters. The van der Waals surface area contributed by atoms with Gasteiger partial charge in [0.15, 0.2) is 0 Å². The summed E-state index contributed by atoms with van der Waals surface area (Å²) in [5.74, 6) is 0.878. The first-order valence-corrected chi connectivity index (χ1v) is 6.42. The number of hydrogen-bond donors (Lipinski definition) is 0. The Labute approximate surface area is 104 Å². The highest BCUT2D eigenvalue weighted by atomic mass is 16.1. The number of hydrogen-bond acceptors (Lipinski definition) is 2. The van der Waals surface area contributed by atoms with E-state index in [9.17, 15) is 4.79 Å². The summed E-state index contributed by atoms with van der Waals surface area (Å²) < 4.78 is 0. The van der Waals surface area contributed by atoms with Crippen molar-refractivity contribution in [2.75, 3.05) is 20.1 Å². The smallest absolute Gasteiger partial charge is 0.134 e. The minimum Gasteiger partial charge on any atom is -0.306 e. The number of ketones is 1. The second kappa shape index (κ2) is 5.46. The summed E-state index contributed by atoms with van der Waals surface area (Å²) >= 11 is 0. The lowest BCUT2D eigenvalue weighted by atomic mass is 9.89. The molecule has 0 saturated carbocycles. The maximum absolute atomic E-state index is 11.1. The number of carbonyl (C=O) groups is 1. The van der Waals surface area contributed by atoms with Gasteiger partial charge in [-0.1, -0.05) is 24.3 Å². The summed E-state index contributed by atoms with van der Waals surface area (Å²) in [7, 11) is 2.19. The molecule has 2 heteroatoms. The van der Waals surface area contributed by atoms with Crippen molar-refractivity contribution in [2.45, 2.75) is 32.1 Å². The van der Waals surface area contributed by atoms with Gasteiger partial charge in [-0.05, 0) is 50.4 Å². The molecule has 2 rings (SSSR count). The molecule has 1 aliphatic heterocycles. The van der Waals surface area contributed by atoms with E-state index >= 15 is 0 Å². The van der Waals surface area contributed by atoms with Gasteiger partial charge in [-0.15, -0.1) is 0 Å². The third kappa shape index (κ3) is 3.40. The molecule has 1 aromatic rings. The maximum atomic E-state index is 11.1. The molecule has 0 amide bonds. The molecule has 1 aliphatic rings. The molecule has 0 spiro atoms. The quantitative estimate of drug-likeness (QED) is 0.797. The van der Waals surface area contributed by atoms with Crippen LogP contribution in [-0.4, -0.2) is 30.8 Å². The van der Waals surface area contributed by atoms with Crippen molar-refractivity contribution in [2.24, 2.45) is 0 Å². The van der Waals surface area contributed by atoms with E-state index in [-0.39, 0.29) is 5.78 Å². The number of Topliss-reactive ketones (excluding diaryl/α,β-unsaturated/α-hetero) is 1. The summed E-state index contributed by atoms with van der Waals surface area (Å²) in [5, 5.41) is 0. The molecule has 0 aromatic heterocycles.